The quantitative estimate of drug-likeness (QED) is 0.251. The van der Waals surface area contributed by atoms with Gasteiger partial charge in [-0.25, -0.2) is 19.2 Å². The molecule has 0 unspecified atom stereocenters. The maximum Gasteiger partial charge on any atom is 0.364 e. The summed E-state index contributed by atoms with van der Waals surface area (Å²) >= 11 is 12.4. The first-order valence-corrected chi connectivity index (χ1v) is 10.4. The Morgan fingerprint density at radius 1 is 1.09 bits per heavy atom. The summed E-state index contributed by atoms with van der Waals surface area (Å²) in [6, 6.07) is 14.7. The topological polar surface area (TPSA) is 86.5 Å². The molecular weight excluding hydrogens is 472 g/mol. The molecule has 0 saturated heterocycles. The number of aromatic nitrogens is 2. The number of nitrogens with zero attached hydrogens (tertiary/aromatic N) is 2. The molecule has 0 aliphatic heterocycles. The van der Waals surface area contributed by atoms with Gasteiger partial charge in [-0.1, -0.05) is 41.4 Å². The summed E-state index contributed by atoms with van der Waals surface area (Å²) in [6.45, 7) is 0.211. The Bertz CT molecular complexity index is 1280. The molecule has 0 spiro atoms. The average Bonchev–Trinajstić information content (AvgIpc) is 3.33. The number of carbonyl (C=O) groups excluding carboxylic acids is 1. The van der Waals surface area contributed by atoms with E-state index in [0.29, 0.717) is 11.5 Å². The molecule has 0 radical (unpaired) electrons. The number of anilines is 1. The Morgan fingerprint density at radius 2 is 1.88 bits per heavy atom. The molecule has 1 N–H and O–H groups in total. The minimum atomic E-state index is -0.836. The number of carbonyl (C=O) groups is 1. The van der Waals surface area contributed by atoms with Crippen molar-refractivity contribution < 1.29 is 23.1 Å². The van der Waals surface area contributed by atoms with E-state index in [0.717, 1.165) is 0 Å². The minimum Gasteiger partial charge on any atom is -0.492 e. The lowest BCUT2D eigenvalue weighted by molar-refractivity contribution is 0.0729. The molecule has 4 aromatic rings. The van der Waals surface area contributed by atoms with E-state index in [-0.39, 0.29) is 45.2 Å². The third-order valence-corrected chi connectivity index (χ3v) is 5.16. The summed E-state index contributed by atoms with van der Waals surface area (Å²) in [4.78, 5) is 21.4. The number of hydrogen-bond donors (Lipinski definition) is 1. The summed E-state index contributed by atoms with van der Waals surface area (Å²) in [5, 5.41) is 2.97. The summed E-state index contributed by atoms with van der Waals surface area (Å²) in [6.07, 6.45) is 1.52. The molecule has 2 aromatic heterocycles. The zero-order valence-electron chi connectivity index (χ0n) is 17.1. The largest absolute Gasteiger partial charge is 0.492 e. The van der Waals surface area contributed by atoms with Gasteiger partial charge >= 0.3 is 5.97 Å². The van der Waals surface area contributed by atoms with Crippen molar-refractivity contribution in [3.8, 4) is 22.9 Å². The fourth-order valence-corrected chi connectivity index (χ4v) is 3.39. The highest BCUT2D eigenvalue weighted by Gasteiger charge is 2.24. The van der Waals surface area contributed by atoms with Crippen LogP contribution in [0.1, 0.15) is 16.2 Å². The van der Waals surface area contributed by atoms with E-state index in [2.05, 4.69) is 15.3 Å². The third-order valence-electron chi connectivity index (χ3n) is 4.50. The number of nitrogens with one attached hydrogen (secondary N) is 1. The van der Waals surface area contributed by atoms with Crippen molar-refractivity contribution in [3.05, 3.63) is 88.2 Å². The predicted molar refractivity (Wildman–Crippen MR) is 121 cm³/mol. The van der Waals surface area contributed by atoms with E-state index in [1.807, 2.05) is 0 Å². The number of halogens is 3. The van der Waals surface area contributed by atoms with Crippen LogP contribution in [0.5, 0.6) is 11.5 Å². The van der Waals surface area contributed by atoms with Crippen LogP contribution in [0.3, 0.4) is 0 Å². The molecule has 168 valence electrons. The Kier molecular flexibility index (Phi) is 6.76. The molecule has 0 saturated carbocycles. The maximum atomic E-state index is 15.1. The molecule has 0 amide bonds. The first-order valence-electron chi connectivity index (χ1n) is 9.61. The van der Waals surface area contributed by atoms with Crippen LogP contribution < -0.4 is 14.8 Å². The van der Waals surface area contributed by atoms with Crippen LogP contribution in [-0.4, -0.2) is 23.0 Å². The summed E-state index contributed by atoms with van der Waals surface area (Å²) in [7, 11) is 1.29. The monoisotopic (exact) mass is 487 g/mol. The minimum absolute atomic E-state index is 0.0391. The number of hydrogen-bond acceptors (Lipinski definition) is 7. The Balaban J connectivity index is 1.78. The van der Waals surface area contributed by atoms with E-state index < -0.39 is 11.8 Å². The van der Waals surface area contributed by atoms with Gasteiger partial charge in [0.25, 0.3) is 0 Å². The van der Waals surface area contributed by atoms with Crippen molar-refractivity contribution in [2.75, 3.05) is 12.4 Å². The highest BCUT2D eigenvalue weighted by molar-refractivity contribution is 6.35. The number of esters is 1. The number of methoxy groups -OCH3 is 1. The molecule has 33 heavy (non-hydrogen) atoms. The molecule has 2 aromatic carbocycles. The second-order valence-electron chi connectivity index (χ2n) is 6.64. The van der Waals surface area contributed by atoms with Gasteiger partial charge in [0, 0.05) is 0 Å². The molecule has 0 bridgehead atoms. The summed E-state index contributed by atoms with van der Waals surface area (Å²) < 4.78 is 30.8. The average molecular weight is 488 g/mol. The van der Waals surface area contributed by atoms with Crippen molar-refractivity contribution in [3.63, 3.8) is 0 Å². The molecule has 7 nitrogen and oxygen atoms in total. The van der Waals surface area contributed by atoms with Crippen LogP contribution in [-0.2, 0) is 6.54 Å². The highest BCUT2D eigenvalue weighted by atomic mass is 35.5. The van der Waals surface area contributed by atoms with Crippen LogP contribution in [0.4, 0.5) is 10.2 Å². The number of benzene rings is 2. The number of para-hydroxylation sites is 1. The van der Waals surface area contributed by atoms with Gasteiger partial charge in [0.15, 0.2) is 23.1 Å². The smallest absolute Gasteiger partial charge is 0.364 e. The first-order chi connectivity index (χ1) is 16.0. The second-order valence-corrected chi connectivity index (χ2v) is 7.42. The SMILES string of the molecule is COc1c(Cl)ccc(-c2nc(NCc3ccco3)c(Cl)c(C(=O)Oc3ccccc3)n2)c1F. The highest BCUT2D eigenvalue weighted by Crippen LogP contribution is 2.35. The van der Waals surface area contributed by atoms with Gasteiger partial charge in [0.2, 0.25) is 0 Å². The number of ether oxygens (including phenoxy) is 2. The van der Waals surface area contributed by atoms with Crippen LogP contribution in [0.2, 0.25) is 10.0 Å². The lowest BCUT2D eigenvalue weighted by Gasteiger charge is -2.13. The lowest BCUT2D eigenvalue weighted by Crippen LogP contribution is -2.15. The molecule has 4 rings (SSSR count). The first kappa shape index (κ1) is 22.6. The summed E-state index contributed by atoms with van der Waals surface area (Å²) in [5.41, 5.74) is -0.288. The standard InChI is InChI=1S/C23H16Cl2FN3O4/c1-31-20-16(24)10-9-15(18(20)26)21-28-19(23(30)33-13-6-3-2-4-7-13)17(25)22(29-21)27-12-14-8-5-11-32-14/h2-11H,12H2,1H3,(H,27,28,29). The van der Waals surface area contributed by atoms with Gasteiger partial charge in [-0.15, -0.1) is 0 Å². The van der Waals surface area contributed by atoms with Gasteiger partial charge < -0.3 is 19.2 Å². The van der Waals surface area contributed by atoms with Crippen LogP contribution in [0, 0.1) is 5.82 Å². The molecule has 0 aliphatic rings. The second kappa shape index (κ2) is 9.89. The zero-order chi connectivity index (χ0) is 23.4. The Labute approximate surface area is 198 Å². The molecule has 0 fully saturated rings. The van der Waals surface area contributed by atoms with Crippen molar-refractivity contribution in [2.45, 2.75) is 6.54 Å². The van der Waals surface area contributed by atoms with Crippen molar-refractivity contribution in [2.24, 2.45) is 0 Å². The van der Waals surface area contributed by atoms with Crippen LogP contribution >= 0.6 is 23.2 Å². The van der Waals surface area contributed by atoms with Gasteiger partial charge in [0.1, 0.15) is 22.4 Å². The lowest BCUT2D eigenvalue weighted by atomic mass is 10.1. The van der Waals surface area contributed by atoms with Crippen molar-refractivity contribution >= 4 is 35.0 Å². The molecular formula is C23H16Cl2FN3O4. The fraction of sp³-hybridized carbons (Fsp3) is 0.0870. The molecule has 10 heteroatoms. The normalized spacial score (nSPS) is 10.7. The Morgan fingerprint density at radius 3 is 2.58 bits per heavy atom. The third kappa shape index (κ3) is 4.92. The molecule has 2 heterocycles. The number of rotatable bonds is 7. The van der Waals surface area contributed by atoms with Gasteiger partial charge in [0.05, 0.1) is 30.5 Å². The van der Waals surface area contributed by atoms with Crippen molar-refractivity contribution in [1.82, 2.24) is 9.97 Å². The van der Waals surface area contributed by atoms with Crippen LogP contribution in [0.25, 0.3) is 11.4 Å². The van der Waals surface area contributed by atoms with E-state index in [4.69, 9.17) is 37.1 Å². The van der Waals surface area contributed by atoms with Gasteiger partial charge in [-0.2, -0.15) is 0 Å². The van der Waals surface area contributed by atoms with E-state index in [1.165, 1.54) is 25.5 Å². The van der Waals surface area contributed by atoms with E-state index >= 15 is 4.39 Å². The van der Waals surface area contributed by atoms with E-state index in [9.17, 15) is 4.79 Å². The van der Waals surface area contributed by atoms with Crippen LogP contribution in [0.15, 0.2) is 65.3 Å². The molecule has 0 atom stereocenters. The predicted octanol–water partition coefficient (Wildman–Crippen LogP) is 6.02. The van der Waals surface area contributed by atoms with Crippen molar-refractivity contribution in [1.29, 1.82) is 0 Å². The van der Waals surface area contributed by atoms with E-state index in [1.54, 1.807) is 42.5 Å². The Hall–Kier alpha value is -3.62. The van der Waals surface area contributed by atoms with Gasteiger partial charge in [-0.3, -0.25) is 0 Å². The molecule has 0 aliphatic carbocycles. The van der Waals surface area contributed by atoms with Gasteiger partial charge in [-0.05, 0) is 36.4 Å². The maximum absolute atomic E-state index is 15.1. The summed E-state index contributed by atoms with van der Waals surface area (Å²) in [5.74, 6) is -0.933. The number of furan rings is 1. The fourth-order valence-electron chi connectivity index (χ4n) is 2.94. The zero-order valence-corrected chi connectivity index (χ0v) is 18.7.